The van der Waals surface area contributed by atoms with Gasteiger partial charge in [0.1, 0.15) is 5.84 Å². The molecule has 0 saturated heterocycles. The number of nitrogens with zero attached hydrogens (tertiary/aromatic N) is 3. The second kappa shape index (κ2) is 5.49. The zero-order valence-corrected chi connectivity index (χ0v) is 12.4. The summed E-state index contributed by atoms with van der Waals surface area (Å²) in [4.78, 5) is 10.8. The molecule has 0 radical (unpaired) electrons. The number of para-hydroxylation sites is 1. The van der Waals surface area contributed by atoms with E-state index < -0.39 is 0 Å². The van der Waals surface area contributed by atoms with E-state index in [2.05, 4.69) is 14.9 Å². The highest BCUT2D eigenvalue weighted by Crippen LogP contribution is 2.29. The normalized spacial score (nSPS) is 10.7. The number of thiazole rings is 1. The van der Waals surface area contributed by atoms with Crippen LogP contribution in [0.25, 0.3) is 10.9 Å². The third-order valence-corrected chi connectivity index (χ3v) is 3.94. The van der Waals surface area contributed by atoms with E-state index in [0.717, 1.165) is 22.3 Å². The minimum atomic E-state index is 0.0216. The Kier molecular flexibility index (Phi) is 3.53. The summed E-state index contributed by atoms with van der Waals surface area (Å²) in [6.07, 6.45) is 1.66. The maximum Gasteiger partial charge on any atom is 0.126 e. The number of nitrogen functional groups attached to an aromatic ring is 1. The van der Waals surface area contributed by atoms with Crippen molar-refractivity contribution < 1.29 is 0 Å². The number of aromatic nitrogens is 2. The van der Waals surface area contributed by atoms with E-state index >= 15 is 0 Å². The number of hydrogen-bond acceptors (Lipinski definition) is 5. The molecule has 6 heteroatoms. The number of benzene rings is 1. The quantitative estimate of drug-likeness (QED) is 0.573. The van der Waals surface area contributed by atoms with Gasteiger partial charge in [0.15, 0.2) is 0 Å². The molecule has 0 fully saturated rings. The molecule has 21 heavy (non-hydrogen) atoms. The third-order valence-electron chi connectivity index (χ3n) is 3.30. The zero-order chi connectivity index (χ0) is 14.8. The average Bonchev–Trinajstić information content (AvgIpc) is 2.98. The second-order valence-electron chi connectivity index (χ2n) is 4.79. The summed E-state index contributed by atoms with van der Waals surface area (Å²) in [6, 6.07) is 7.88. The molecular weight excluding hydrogens is 282 g/mol. The lowest BCUT2D eigenvalue weighted by Gasteiger charge is -2.23. The number of hydrogen-bond donors (Lipinski definition) is 2. The molecule has 3 N–H and O–H groups in total. The molecule has 0 amide bonds. The van der Waals surface area contributed by atoms with Gasteiger partial charge in [-0.05, 0) is 6.07 Å². The van der Waals surface area contributed by atoms with Crippen molar-refractivity contribution in [3.63, 3.8) is 0 Å². The number of fused-ring (bicyclic) bond motifs is 1. The van der Waals surface area contributed by atoms with Gasteiger partial charge in [-0.3, -0.25) is 10.4 Å². The van der Waals surface area contributed by atoms with Gasteiger partial charge in [-0.1, -0.05) is 18.2 Å². The van der Waals surface area contributed by atoms with Crippen LogP contribution in [0, 0.1) is 5.41 Å². The van der Waals surface area contributed by atoms with Crippen LogP contribution < -0.4 is 10.6 Å². The maximum absolute atomic E-state index is 7.79. The van der Waals surface area contributed by atoms with Gasteiger partial charge in [0, 0.05) is 24.0 Å². The molecule has 2 aromatic heterocycles. The van der Waals surface area contributed by atoms with Gasteiger partial charge in [0.05, 0.1) is 34.5 Å². The van der Waals surface area contributed by atoms with E-state index in [-0.39, 0.29) is 5.84 Å². The van der Waals surface area contributed by atoms with E-state index in [1.54, 1.807) is 17.5 Å². The number of rotatable bonds is 4. The summed E-state index contributed by atoms with van der Waals surface area (Å²) in [6.45, 7) is 0.664. The molecule has 106 valence electrons. The molecule has 1 aromatic carbocycles. The first-order chi connectivity index (χ1) is 10.2. The van der Waals surface area contributed by atoms with Crippen molar-refractivity contribution in [2.45, 2.75) is 6.54 Å². The third kappa shape index (κ3) is 2.57. The molecule has 0 saturated carbocycles. The van der Waals surface area contributed by atoms with Crippen LogP contribution in [-0.4, -0.2) is 22.9 Å². The predicted molar refractivity (Wildman–Crippen MR) is 87.0 cm³/mol. The Hall–Kier alpha value is -2.47. The molecule has 5 nitrogen and oxygen atoms in total. The van der Waals surface area contributed by atoms with Crippen molar-refractivity contribution in [3.05, 3.63) is 52.6 Å². The topological polar surface area (TPSA) is 78.9 Å². The van der Waals surface area contributed by atoms with Crippen molar-refractivity contribution in [1.82, 2.24) is 9.97 Å². The van der Waals surface area contributed by atoms with Crippen molar-refractivity contribution in [2.75, 3.05) is 11.9 Å². The van der Waals surface area contributed by atoms with Gasteiger partial charge >= 0.3 is 0 Å². The van der Waals surface area contributed by atoms with E-state index in [4.69, 9.17) is 11.1 Å². The SMILES string of the molecule is CN(Cc1cscn1)c1c(C(=N)N)cnc2ccccc12. The lowest BCUT2D eigenvalue weighted by molar-refractivity contribution is 0.896. The molecule has 2 heterocycles. The van der Waals surface area contributed by atoms with Gasteiger partial charge in [-0.25, -0.2) is 4.98 Å². The minimum Gasteiger partial charge on any atom is -0.384 e. The molecule has 0 unspecified atom stereocenters. The second-order valence-corrected chi connectivity index (χ2v) is 5.51. The number of anilines is 1. The van der Waals surface area contributed by atoms with E-state index in [1.807, 2.05) is 42.2 Å². The monoisotopic (exact) mass is 297 g/mol. The molecule has 0 spiro atoms. The Bertz CT molecular complexity index is 782. The van der Waals surface area contributed by atoms with Crippen LogP contribution in [0.1, 0.15) is 11.3 Å². The Morgan fingerprint density at radius 3 is 2.86 bits per heavy atom. The Morgan fingerprint density at radius 2 is 2.14 bits per heavy atom. The Labute approximate surface area is 126 Å². The summed E-state index contributed by atoms with van der Waals surface area (Å²) in [5, 5.41) is 10.8. The van der Waals surface area contributed by atoms with E-state index in [0.29, 0.717) is 12.1 Å². The fourth-order valence-corrected chi connectivity index (χ4v) is 2.92. The van der Waals surface area contributed by atoms with Crippen LogP contribution in [0.15, 0.2) is 41.4 Å². The lowest BCUT2D eigenvalue weighted by Crippen LogP contribution is -2.23. The van der Waals surface area contributed by atoms with Crippen molar-refractivity contribution in [1.29, 1.82) is 5.41 Å². The standard InChI is InChI=1S/C15H15N5S/c1-20(7-10-8-21-9-19-10)14-11-4-2-3-5-13(11)18-6-12(14)15(16)17/h2-6,8-9H,7H2,1H3,(H3,16,17). The van der Waals surface area contributed by atoms with E-state index in [1.165, 1.54) is 0 Å². The lowest BCUT2D eigenvalue weighted by atomic mass is 10.1. The molecule has 3 aromatic rings. The van der Waals surface area contributed by atoms with Gasteiger partial charge < -0.3 is 10.6 Å². The van der Waals surface area contributed by atoms with Crippen LogP contribution in [0.3, 0.4) is 0 Å². The summed E-state index contributed by atoms with van der Waals surface area (Å²) in [7, 11) is 1.98. The number of amidine groups is 1. The Balaban J connectivity index is 2.13. The molecule has 0 aliphatic heterocycles. The highest BCUT2D eigenvalue weighted by molar-refractivity contribution is 7.07. The first-order valence-electron chi connectivity index (χ1n) is 6.47. The minimum absolute atomic E-state index is 0.0216. The summed E-state index contributed by atoms with van der Waals surface area (Å²) in [5.74, 6) is 0.0216. The van der Waals surface area contributed by atoms with Gasteiger partial charge in [-0.15, -0.1) is 11.3 Å². The van der Waals surface area contributed by atoms with Crippen LogP contribution in [0.2, 0.25) is 0 Å². The predicted octanol–water partition coefficient (Wildman–Crippen LogP) is 2.61. The summed E-state index contributed by atoms with van der Waals surface area (Å²) in [5.41, 5.74) is 11.0. The smallest absolute Gasteiger partial charge is 0.126 e. The van der Waals surface area contributed by atoms with Crippen molar-refractivity contribution in [2.24, 2.45) is 5.73 Å². The molecule has 3 rings (SSSR count). The van der Waals surface area contributed by atoms with E-state index in [9.17, 15) is 0 Å². The van der Waals surface area contributed by atoms with Crippen molar-refractivity contribution >= 4 is 33.8 Å². The molecule has 0 bridgehead atoms. The maximum atomic E-state index is 7.79. The number of nitrogens with two attached hydrogens (primary N) is 1. The molecule has 0 atom stereocenters. The van der Waals surface area contributed by atoms with Crippen LogP contribution in [0.5, 0.6) is 0 Å². The molecule has 0 aliphatic rings. The summed E-state index contributed by atoms with van der Waals surface area (Å²) >= 11 is 1.57. The molecular formula is C15H15N5S. The average molecular weight is 297 g/mol. The first-order valence-corrected chi connectivity index (χ1v) is 7.41. The number of nitrogens with one attached hydrogen (secondary N) is 1. The van der Waals surface area contributed by atoms with Crippen molar-refractivity contribution in [3.8, 4) is 0 Å². The zero-order valence-electron chi connectivity index (χ0n) is 11.6. The van der Waals surface area contributed by atoms with Gasteiger partial charge in [0.25, 0.3) is 0 Å². The van der Waals surface area contributed by atoms with Crippen LogP contribution >= 0.6 is 11.3 Å². The van der Waals surface area contributed by atoms with Crippen LogP contribution in [-0.2, 0) is 6.54 Å². The Morgan fingerprint density at radius 1 is 1.33 bits per heavy atom. The highest BCUT2D eigenvalue weighted by Gasteiger charge is 2.15. The first kappa shape index (κ1) is 13.5. The fourth-order valence-electron chi connectivity index (χ4n) is 2.37. The summed E-state index contributed by atoms with van der Waals surface area (Å²) < 4.78 is 0. The fraction of sp³-hybridized carbons (Fsp3) is 0.133. The van der Waals surface area contributed by atoms with Gasteiger partial charge in [-0.2, -0.15) is 0 Å². The largest absolute Gasteiger partial charge is 0.384 e. The highest BCUT2D eigenvalue weighted by atomic mass is 32.1. The van der Waals surface area contributed by atoms with Gasteiger partial charge in [0.2, 0.25) is 0 Å². The molecule has 0 aliphatic carbocycles. The van der Waals surface area contributed by atoms with Crippen LogP contribution in [0.4, 0.5) is 5.69 Å². The number of pyridine rings is 1.